The summed E-state index contributed by atoms with van der Waals surface area (Å²) in [6.45, 7) is 0. The standard InChI is InChI=1S/2CH6NO3P.Cu.2H3OP/c2*2-1-6(3,4)5;;2*1-2/h2*1-2H2,(H2,3,4,5);;2*1H,2H2/p+2. The summed E-state index contributed by atoms with van der Waals surface area (Å²) in [5.41, 5.74) is 5.99. The van der Waals surface area contributed by atoms with Crippen molar-refractivity contribution >= 4 is 34.8 Å². The summed E-state index contributed by atoms with van der Waals surface area (Å²) < 4.78 is 0. The van der Waals surface area contributed by atoms with Crippen molar-refractivity contribution in [1.29, 1.82) is 0 Å². The minimum Gasteiger partial charge on any atom is -0.627 e. The summed E-state index contributed by atoms with van der Waals surface area (Å²) in [5, 5.41) is 0. The van der Waals surface area contributed by atoms with E-state index in [1.54, 1.807) is 0 Å². The third-order valence-corrected chi connectivity index (χ3v) is 1.75. The Bertz CT molecular complexity index is 107. The zero-order chi connectivity index (χ0) is 14.4. The smallest absolute Gasteiger partial charge is 0.285 e. The van der Waals surface area contributed by atoms with E-state index in [2.05, 4.69) is 11.5 Å². The van der Waals surface area contributed by atoms with Crippen LogP contribution in [-0.4, -0.2) is 41.9 Å². The van der Waals surface area contributed by atoms with Crippen molar-refractivity contribution < 1.29 is 67.7 Å². The van der Waals surface area contributed by atoms with E-state index in [4.69, 9.17) is 29.4 Å². The van der Waals surface area contributed by atoms with Gasteiger partial charge in [-0.05, 0) is 18.9 Å². The van der Waals surface area contributed by atoms with Gasteiger partial charge in [0.05, 0.1) is 0 Å². The maximum atomic E-state index is 9.63. The van der Waals surface area contributed by atoms with Gasteiger partial charge < -0.3 is 31.0 Å². The van der Waals surface area contributed by atoms with Gasteiger partial charge in [0.15, 0.2) is 0 Å². The maximum absolute atomic E-state index is 9.63. The van der Waals surface area contributed by atoms with Crippen molar-refractivity contribution in [3.63, 3.8) is 0 Å². The largest absolute Gasteiger partial charge is 0.627 e. The first-order valence-electron chi connectivity index (χ1n) is 3.31. The molecule has 0 saturated heterocycles. The Morgan fingerprint density at radius 2 is 0.824 bits per heavy atom. The molecule has 115 valence electrons. The quantitative estimate of drug-likeness (QED) is 0.168. The van der Waals surface area contributed by atoms with Gasteiger partial charge in [-0.25, -0.2) is 19.6 Å². The molecule has 0 aliphatic carbocycles. The van der Waals surface area contributed by atoms with Gasteiger partial charge in [-0.3, -0.25) is 0 Å². The molecular weight excluding hydrogens is 367 g/mol. The van der Waals surface area contributed by atoms with Crippen LogP contribution in [0.3, 0.4) is 0 Å². The van der Waals surface area contributed by atoms with E-state index in [1.165, 1.54) is 18.9 Å². The van der Waals surface area contributed by atoms with Gasteiger partial charge in [0.2, 0.25) is 12.6 Å². The van der Waals surface area contributed by atoms with Crippen LogP contribution in [0.5, 0.6) is 0 Å². The second-order valence-corrected chi connectivity index (χ2v) is 5.33. The van der Waals surface area contributed by atoms with Gasteiger partial charge in [0.1, 0.15) is 0 Å². The van der Waals surface area contributed by atoms with Crippen LogP contribution in [0.15, 0.2) is 0 Å². The van der Waals surface area contributed by atoms with Crippen LogP contribution in [0, 0.1) is 0 Å². The van der Waals surface area contributed by atoms with Crippen molar-refractivity contribution in [1.82, 2.24) is 0 Å². The van der Waals surface area contributed by atoms with Crippen molar-refractivity contribution in [3.8, 4) is 0 Å². The molecule has 0 saturated carbocycles. The summed E-state index contributed by atoms with van der Waals surface area (Å²) in [6.07, 6.45) is -0.625. The van der Waals surface area contributed by atoms with Crippen LogP contribution in [0.4, 0.5) is 0 Å². The first kappa shape index (κ1) is 31.3. The van der Waals surface area contributed by atoms with Gasteiger partial charge in [0, 0.05) is 17.1 Å². The monoisotopic (exact) mass is 387 g/mol. The van der Waals surface area contributed by atoms with Crippen molar-refractivity contribution in [2.75, 3.05) is 12.6 Å². The molecule has 0 rings (SSSR count). The Labute approximate surface area is 115 Å². The number of rotatable bonds is 2. The molecular formula is C2H20CuN2O8P4+2. The second kappa shape index (κ2) is 20.2. The number of hydrogen-bond acceptors (Lipinski definition) is 8. The normalized spacial score (nSPS) is 9.18. The maximum Gasteiger partial charge on any atom is 0.285 e. The van der Waals surface area contributed by atoms with Crippen LogP contribution in [0.25, 0.3) is 0 Å². The SMILES string of the molecule is OP.OP.[Cu].[NH3+]C[P+]([O-])(O)O.[NH3+]C[P+]([O-])(O)O. The molecule has 0 aromatic heterocycles. The zero-order valence-electron chi connectivity index (χ0n) is 8.68. The molecule has 0 amide bonds. The molecule has 0 spiro atoms. The third kappa shape index (κ3) is 72.8. The minimum atomic E-state index is -3.76. The fraction of sp³-hybridized carbons (Fsp3) is 1.00. The van der Waals surface area contributed by atoms with E-state index in [0.717, 1.165) is 0 Å². The molecule has 0 aliphatic heterocycles. The Kier molecular flexibility index (Phi) is 37.1. The Morgan fingerprint density at radius 1 is 0.765 bits per heavy atom. The molecule has 10 nitrogen and oxygen atoms in total. The van der Waals surface area contributed by atoms with Gasteiger partial charge >= 0.3 is 0 Å². The molecule has 12 N–H and O–H groups in total. The van der Waals surface area contributed by atoms with Gasteiger partial charge in [0.25, 0.3) is 15.9 Å². The molecule has 0 aromatic carbocycles. The molecule has 0 heterocycles. The van der Waals surface area contributed by atoms with E-state index in [1.807, 2.05) is 0 Å². The molecule has 2 unspecified atom stereocenters. The van der Waals surface area contributed by atoms with Crippen LogP contribution in [0.1, 0.15) is 0 Å². The van der Waals surface area contributed by atoms with E-state index in [9.17, 15) is 9.79 Å². The Balaban J connectivity index is -0.0000000417. The van der Waals surface area contributed by atoms with Gasteiger partial charge in [-0.2, -0.15) is 0 Å². The second-order valence-electron chi connectivity index (χ2n) is 1.78. The topological polar surface area (TPSA) is 223 Å². The average molecular weight is 388 g/mol. The fourth-order valence-electron chi connectivity index (χ4n) is 0. The van der Waals surface area contributed by atoms with Crippen molar-refractivity contribution in [3.05, 3.63) is 0 Å². The van der Waals surface area contributed by atoms with Crippen LogP contribution in [-0.2, 0) is 17.1 Å². The molecule has 17 heavy (non-hydrogen) atoms. The summed E-state index contributed by atoms with van der Waals surface area (Å²) in [6, 6.07) is 0. The summed E-state index contributed by atoms with van der Waals surface area (Å²) in [5.74, 6) is 0. The predicted molar refractivity (Wildman–Crippen MR) is 62.1 cm³/mol. The molecule has 0 bridgehead atoms. The molecule has 1 radical (unpaired) electrons. The first-order valence-corrected chi connectivity index (χ1v) is 7.94. The molecule has 0 aromatic rings. The van der Waals surface area contributed by atoms with Gasteiger partial charge in [-0.15, -0.1) is 0 Å². The average Bonchev–Trinajstić information content (AvgIpc) is 2.23. The summed E-state index contributed by atoms with van der Waals surface area (Å²) in [7, 11) is -4.68. The van der Waals surface area contributed by atoms with E-state index in [-0.39, 0.29) is 29.6 Å². The third-order valence-electron chi connectivity index (χ3n) is 0.583. The van der Waals surface area contributed by atoms with E-state index < -0.39 is 15.9 Å². The van der Waals surface area contributed by atoms with Crippen LogP contribution in [0.2, 0.25) is 0 Å². The fourth-order valence-corrected chi connectivity index (χ4v) is 0. The minimum absolute atomic E-state index is 0. The van der Waals surface area contributed by atoms with E-state index in [0.29, 0.717) is 0 Å². The zero-order valence-corrected chi connectivity index (χ0v) is 13.7. The predicted octanol–water partition coefficient (Wildman–Crippen LogP) is -5.88. The molecule has 0 aliphatic rings. The van der Waals surface area contributed by atoms with Gasteiger partial charge in [-0.1, -0.05) is 0 Å². The number of hydrogen-bond donors (Lipinski definition) is 8. The Morgan fingerprint density at radius 3 is 0.824 bits per heavy atom. The van der Waals surface area contributed by atoms with Crippen LogP contribution < -0.4 is 21.3 Å². The Hall–Kier alpha value is 1.84. The molecule has 0 fully saturated rings. The molecule has 2 atom stereocenters. The number of quaternary nitrogens is 2. The van der Waals surface area contributed by atoms with Crippen LogP contribution >= 0.6 is 34.8 Å². The van der Waals surface area contributed by atoms with Crippen molar-refractivity contribution in [2.45, 2.75) is 0 Å². The summed E-state index contributed by atoms with van der Waals surface area (Å²) in [4.78, 5) is 64.6. The van der Waals surface area contributed by atoms with Crippen molar-refractivity contribution in [2.24, 2.45) is 0 Å². The van der Waals surface area contributed by atoms with E-state index >= 15 is 0 Å². The summed E-state index contributed by atoms with van der Waals surface area (Å²) >= 11 is 0. The molecule has 15 heteroatoms. The first-order chi connectivity index (χ1) is 7.12.